The smallest absolute Gasteiger partial charge is 0.0661 e. The molecule has 1 saturated carbocycles. The van der Waals surface area contributed by atoms with Gasteiger partial charge in [-0.15, -0.1) is 0 Å². The first kappa shape index (κ1) is 15.9. The molecule has 18 heavy (non-hydrogen) atoms. The van der Waals surface area contributed by atoms with Crippen LogP contribution in [0.2, 0.25) is 0 Å². The van der Waals surface area contributed by atoms with Crippen molar-refractivity contribution in [3.05, 3.63) is 0 Å². The van der Waals surface area contributed by atoms with E-state index in [0.29, 0.717) is 18.5 Å². The molecule has 0 aromatic carbocycles. The number of methoxy groups -OCH3 is 1. The van der Waals surface area contributed by atoms with E-state index in [9.17, 15) is 0 Å². The summed E-state index contributed by atoms with van der Waals surface area (Å²) in [7, 11) is 1.79. The minimum absolute atomic E-state index is 0.00546. The molecular weight excluding hydrogens is 224 g/mol. The minimum Gasteiger partial charge on any atom is -0.383 e. The zero-order valence-electron chi connectivity index (χ0n) is 12.7. The SMILES string of the molecule is CCN(C1CCCCC1)C(CN)(COC)C(C)C. The van der Waals surface area contributed by atoms with Gasteiger partial charge in [0, 0.05) is 19.7 Å². The summed E-state index contributed by atoms with van der Waals surface area (Å²) in [4.78, 5) is 2.64. The molecule has 0 amide bonds. The third kappa shape index (κ3) is 3.25. The molecule has 0 heterocycles. The van der Waals surface area contributed by atoms with Crippen LogP contribution in [0.3, 0.4) is 0 Å². The van der Waals surface area contributed by atoms with E-state index in [1.165, 1.54) is 32.1 Å². The Morgan fingerprint density at radius 2 is 1.89 bits per heavy atom. The van der Waals surface area contributed by atoms with Crippen LogP contribution in [-0.2, 0) is 4.74 Å². The second-order valence-electron chi connectivity index (χ2n) is 5.97. The van der Waals surface area contributed by atoms with Crippen molar-refractivity contribution in [3.63, 3.8) is 0 Å². The summed E-state index contributed by atoms with van der Waals surface area (Å²) in [6.45, 7) is 9.31. The molecule has 1 fully saturated rings. The molecule has 0 aromatic rings. The van der Waals surface area contributed by atoms with E-state index in [4.69, 9.17) is 10.5 Å². The summed E-state index contributed by atoms with van der Waals surface area (Å²) in [5.74, 6) is 0.518. The summed E-state index contributed by atoms with van der Waals surface area (Å²) >= 11 is 0. The minimum atomic E-state index is 0.00546. The molecule has 0 spiro atoms. The Bertz CT molecular complexity index is 227. The van der Waals surface area contributed by atoms with Gasteiger partial charge < -0.3 is 10.5 Å². The molecule has 2 N–H and O–H groups in total. The zero-order valence-corrected chi connectivity index (χ0v) is 12.7. The number of hydrogen-bond acceptors (Lipinski definition) is 3. The normalized spacial score (nSPS) is 21.5. The molecule has 3 heteroatoms. The lowest BCUT2D eigenvalue weighted by Crippen LogP contribution is -2.63. The van der Waals surface area contributed by atoms with Gasteiger partial charge in [0.1, 0.15) is 0 Å². The van der Waals surface area contributed by atoms with Crippen molar-refractivity contribution in [1.82, 2.24) is 4.90 Å². The summed E-state index contributed by atoms with van der Waals surface area (Å²) < 4.78 is 5.51. The van der Waals surface area contributed by atoms with Crippen molar-refractivity contribution in [1.29, 1.82) is 0 Å². The fraction of sp³-hybridized carbons (Fsp3) is 1.00. The summed E-state index contributed by atoms with van der Waals surface area (Å²) in [5, 5.41) is 0. The maximum absolute atomic E-state index is 6.16. The van der Waals surface area contributed by atoms with Gasteiger partial charge >= 0.3 is 0 Å². The lowest BCUT2D eigenvalue weighted by molar-refractivity contribution is -0.0459. The van der Waals surface area contributed by atoms with Crippen LogP contribution < -0.4 is 5.73 Å². The first-order chi connectivity index (χ1) is 8.62. The number of rotatable bonds is 7. The van der Waals surface area contributed by atoms with E-state index in [2.05, 4.69) is 25.7 Å². The second kappa shape index (κ2) is 7.46. The second-order valence-corrected chi connectivity index (χ2v) is 5.97. The van der Waals surface area contributed by atoms with E-state index in [1.54, 1.807) is 7.11 Å². The van der Waals surface area contributed by atoms with Crippen molar-refractivity contribution in [3.8, 4) is 0 Å². The number of nitrogens with two attached hydrogens (primary N) is 1. The third-order valence-electron chi connectivity index (χ3n) is 4.75. The Labute approximate surface area is 113 Å². The predicted octanol–water partition coefficient (Wildman–Crippen LogP) is 2.64. The van der Waals surface area contributed by atoms with Crippen LogP contribution in [0.4, 0.5) is 0 Å². The maximum atomic E-state index is 6.16. The fourth-order valence-electron chi connectivity index (χ4n) is 3.57. The topological polar surface area (TPSA) is 38.5 Å². The van der Waals surface area contributed by atoms with Crippen LogP contribution >= 0.6 is 0 Å². The van der Waals surface area contributed by atoms with Gasteiger partial charge in [-0.3, -0.25) is 4.90 Å². The highest BCUT2D eigenvalue weighted by molar-refractivity contribution is 4.97. The molecule has 108 valence electrons. The zero-order chi connectivity index (χ0) is 13.6. The van der Waals surface area contributed by atoms with Crippen molar-refractivity contribution in [2.75, 3.05) is 26.8 Å². The van der Waals surface area contributed by atoms with Gasteiger partial charge in [-0.1, -0.05) is 40.0 Å². The van der Waals surface area contributed by atoms with Crippen LogP contribution in [0.15, 0.2) is 0 Å². The third-order valence-corrected chi connectivity index (χ3v) is 4.75. The Morgan fingerprint density at radius 1 is 1.28 bits per heavy atom. The molecule has 1 atom stereocenters. The molecule has 1 aliphatic carbocycles. The van der Waals surface area contributed by atoms with Crippen molar-refractivity contribution < 1.29 is 4.74 Å². The Hall–Kier alpha value is -0.120. The van der Waals surface area contributed by atoms with E-state index >= 15 is 0 Å². The summed E-state index contributed by atoms with van der Waals surface area (Å²) in [6.07, 6.45) is 6.79. The lowest BCUT2D eigenvalue weighted by atomic mass is 9.81. The molecule has 0 aliphatic heterocycles. The van der Waals surface area contributed by atoms with Crippen molar-refractivity contribution >= 4 is 0 Å². The molecule has 0 saturated heterocycles. The fourth-order valence-corrected chi connectivity index (χ4v) is 3.57. The molecule has 1 rings (SSSR count). The first-order valence-electron chi connectivity index (χ1n) is 7.58. The van der Waals surface area contributed by atoms with Gasteiger partial charge in [0.05, 0.1) is 12.1 Å². The average Bonchev–Trinajstić information content (AvgIpc) is 2.39. The standard InChI is InChI=1S/C15H32N2O/c1-5-17(14-9-7-6-8-10-14)15(11-16,12-18-4)13(2)3/h13-14H,5-12,16H2,1-4H3. The van der Waals surface area contributed by atoms with Crippen LogP contribution in [0.5, 0.6) is 0 Å². The number of hydrogen-bond donors (Lipinski definition) is 1. The Balaban J connectivity index is 2.90. The highest BCUT2D eigenvalue weighted by atomic mass is 16.5. The molecule has 1 aliphatic rings. The van der Waals surface area contributed by atoms with E-state index in [-0.39, 0.29) is 5.54 Å². The van der Waals surface area contributed by atoms with Crippen molar-refractivity contribution in [2.24, 2.45) is 11.7 Å². The van der Waals surface area contributed by atoms with Crippen LogP contribution in [0, 0.1) is 5.92 Å². The largest absolute Gasteiger partial charge is 0.383 e. The van der Waals surface area contributed by atoms with E-state index < -0.39 is 0 Å². The van der Waals surface area contributed by atoms with Crippen molar-refractivity contribution in [2.45, 2.75) is 64.5 Å². The van der Waals surface area contributed by atoms with E-state index in [0.717, 1.165) is 13.2 Å². The highest BCUT2D eigenvalue weighted by Gasteiger charge is 2.41. The lowest BCUT2D eigenvalue weighted by Gasteiger charge is -2.50. The number of ether oxygens (including phenoxy) is 1. The van der Waals surface area contributed by atoms with Gasteiger partial charge in [-0.25, -0.2) is 0 Å². The molecule has 0 radical (unpaired) electrons. The van der Waals surface area contributed by atoms with Crippen LogP contribution in [0.25, 0.3) is 0 Å². The maximum Gasteiger partial charge on any atom is 0.0661 e. The van der Waals surface area contributed by atoms with Gasteiger partial charge in [0.25, 0.3) is 0 Å². The van der Waals surface area contributed by atoms with Crippen LogP contribution in [-0.4, -0.2) is 43.3 Å². The van der Waals surface area contributed by atoms with E-state index in [1.807, 2.05) is 0 Å². The van der Waals surface area contributed by atoms with Crippen LogP contribution in [0.1, 0.15) is 52.9 Å². The average molecular weight is 256 g/mol. The molecule has 1 unspecified atom stereocenters. The summed E-state index contributed by atoms with van der Waals surface area (Å²) in [5.41, 5.74) is 6.16. The number of likely N-dealkylation sites (N-methyl/N-ethyl adjacent to an activating group) is 1. The predicted molar refractivity (Wildman–Crippen MR) is 77.8 cm³/mol. The first-order valence-corrected chi connectivity index (χ1v) is 7.58. The van der Waals surface area contributed by atoms with Gasteiger partial charge in [0.2, 0.25) is 0 Å². The van der Waals surface area contributed by atoms with Gasteiger partial charge in [-0.05, 0) is 25.3 Å². The highest BCUT2D eigenvalue weighted by Crippen LogP contribution is 2.32. The molecule has 0 aromatic heterocycles. The molecule has 3 nitrogen and oxygen atoms in total. The van der Waals surface area contributed by atoms with Gasteiger partial charge in [-0.2, -0.15) is 0 Å². The molecular formula is C15H32N2O. The Morgan fingerprint density at radius 3 is 2.28 bits per heavy atom. The molecule has 0 bridgehead atoms. The summed E-state index contributed by atoms with van der Waals surface area (Å²) in [6, 6.07) is 0.699. The Kier molecular flexibility index (Phi) is 6.61. The van der Waals surface area contributed by atoms with Gasteiger partial charge in [0.15, 0.2) is 0 Å². The quantitative estimate of drug-likeness (QED) is 0.761. The number of nitrogens with zero attached hydrogens (tertiary/aromatic N) is 1. The monoisotopic (exact) mass is 256 g/mol.